The van der Waals surface area contributed by atoms with Crippen LogP contribution in [0.1, 0.15) is 0 Å². The van der Waals surface area contributed by atoms with Crippen LogP contribution in [0, 0.1) is 5.82 Å². The normalized spacial score (nSPS) is 11.3. The summed E-state index contributed by atoms with van der Waals surface area (Å²) in [5.41, 5.74) is 5.77. The van der Waals surface area contributed by atoms with E-state index in [2.05, 4.69) is 20.7 Å². The summed E-state index contributed by atoms with van der Waals surface area (Å²) < 4.78 is 40.3. The van der Waals surface area contributed by atoms with Gasteiger partial charge >= 0.3 is 0 Å². The first-order valence-corrected chi connectivity index (χ1v) is 7.98. The second-order valence-electron chi connectivity index (χ2n) is 3.89. The van der Waals surface area contributed by atoms with Gasteiger partial charge < -0.3 is 5.73 Å². The van der Waals surface area contributed by atoms with Crippen LogP contribution < -0.4 is 10.5 Å². The zero-order valence-electron chi connectivity index (χ0n) is 9.90. The largest absolute Gasteiger partial charge is 0.398 e. The lowest BCUT2D eigenvalue weighted by Crippen LogP contribution is -2.15. The van der Waals surface area contributed by atoms with E-state index in [1.807, 2.05) is 0 Å². The van der Waals surface area contributed by atoms with E-state index in [0.717, 1.165) is 12.1 Å². The Labute approximate surface area is 128 Å². The molecule has 0 atom stereocenters. The molecule has 106 valence electrons. The molecule has 0 spiro atoms. The van der Waals surface area contributed by atoms with E-state index in [0.29, 0.717) is 9.50 Å². The van der Waals surface area contributed by atoms with Gasteiger partial charge in [0.2, 0.25) is 0 Å². The number of hydrogen-bond donors (Lipinski definition) is 2. The Kier molecular flexibility index (Phi) is 4.22. The average molecular weight is 380 g/mol. The van der Waals surface area contributed by atoms with Crippen LogP contribution in [0.15, 0.2) is 45.8 Å². The minimum absolute atomic E-state index is 0.0444. The molecule has 0 aliphatic heterocycles. The second kappa shape index (κ2) is 5.59. The quantitative estimate of drug-likeness (QED) is 0.800. The fourth-order valence-corrected chi connectivity index (χ4v) is 3.41. The van der Waals surface area contributed by atoms with Gasteiger partial charge in [-0.25, -0.2) is 12.8 Å². The Balaban J connectivity index is 2.46. The molecule has 0 aromatic heterocycles. The van der Waals surface area contributed by atoms with Crippen molar-refractivity contribution in [3.05, 3.63) is 51.7 Å². The summed E-state index contributed by atoms with van der Waals surface area (Å²) >= 11 is 9.05. The highest BCUT2D eigenvalue weighted by molar-refractivity contribution is 9.10. The SMILES string of the molecule is Nc1ccc(F)cc1S(=O)(=O)Nc1cccc(Cl)c1Br. The third kappa shape index (κ3) is 3.05. The highest BCUT2D eigenvalue weighted by Gasteiger charge is 2.20. The van der Waals surface area contributed by atoms with Crippen molar-refractivity contribution in [3.63, 3.8) is 0 Å². The molecule has 0 radical (unpaired) electrons. The molecule has 8 heteroatoms. The molecule has 0 heterocycles. The molecule has 0 aliphatic rings. The molecule has 0 saturated carbocycles. The Morgan fingerprint density at radius 1 is 1.25 bits per heavy atom. The molecule has 0 fully saturated rings. The lowest BCUT2D eigenvalue weighted by molar-refractivity contribution is 0.596. The molecule has 2 rings (SSSR count). The molecular weight excluding hydrogens is 371 g/mol. The first kappa shape index (κ1) is 15.1. The number of nitrogen functional groups attached to an aromatic ring is 1. The molecule has 4 nitrogen and oxygen atoms in total. The zero-order chi connectivity index (χ0) is 14.9. The molecule has 2 aromatic carbocycles. The number of nitrogens with two attached hydrogens (primary N) is 1. The summed E-state index contributed by atoms with van der Waals surface area (Å²) in [4.78, 5) is -0.329. The van der Waals surface area contributed by atoms with Crippen LogP contribution in [0.3, 0.4) is 0 Å². The monoisotopic (exact) mass is 378 g/mol. The van der Waals surface area contributed by atoms with Crippen molar-refractivity contribution in [2.75, 3.05) is 10.5 Å². The number of halogens is 3. The van der Waals surface area contributed by atoms with Gasteiger partial charge in [0.05, 0.1) is 20.9 Å². The van der Waals surface area contributed by atoms with Crippen LogP contribution in [-0.2, 0) is 10.0 Å². The van der Waals surface area contributed by atoms with Crippen LogP contribution in [-0.4, -0.2) is 8.42 Å². The fourth-order valence-electron chi connectivity index (χ4n) is 1.52. The summed E-state index contributed by atoms with van der Waals surface area (Å²) in [6.45, 7) is 0. The summed E-state index contributed by atoms with van der Waals surface area (Å²) in [5, 5.41) is 0.345. The molecular formula is C12H9BrClFN2O2S. The van der Waals surface area contributed by atoms with E-state index in [1.165, 1.54) is 12.1 Å². The van der Waals surface area contributed by atoms with Crippen molar-refractivity contribution >= 4 is 48.9 Å². The lowest BCUT2D eigenvalue weighted by atomic mass is 10.3. The maximum absolute atomic E-state index is 13.2. The summed E-state index contributed by atoms with van der Waals surface area (Å²) in [7, 11) is -4.01. The Hall–Kier alpha value is -1.31. The van der Waals surface area contributed by atoms with Gasteiger partial charge in [-0.1, -0.05) is 17.7 Å². The van der Waals surface area contributed by atoms with E-state index in [-0.39, 0.29) is 16.3 Å². The first-order valence-electron chi connectivity index (χ1n) is 5.33. The Bertz CT molecular complexity index is 768. The predicted molar refractivity (Wildman–Crippen MR) is 80.8 cm³/mol. The predicted octanol–water partition coefficient (Wildman–Crippen LogP) is 3.62. The van der Waals surface area contributed by atoms with Crippen molar-refractivity contribution in [3.8, 4) is 0 Å². The molecule has 3 N–H and O–H groups in total. The smallest absolute Gasteiger partial charge is 0.264 e. The van der Waals surface area contributed by atoms with Crippen LogP contribution in [0.5, 0.6) is 0 Å². The van der Waals surface area contributed by atoms with E-state index in [9.17, 15) is 12.8 Å². The van der Waals surface area contributed by atoms with E-state index in [4.69, 9.17) is 17.3 Å². The molecule has 0 aliphatic carbocycles. The second-order valence-corrected chi connectivity index (χ2v) is 6.74. The molecule has 20 heavy (non-hydrogen) atoms. The highest BCUT2D eigenvalue weighted by atomic mass is 79.9. The van der Waals surface area contributed by atoms with Crippen molar-refractivity contribution in [2.45, 2.75) is 4.90 Å². The minimum Gasteiger partial charge on any atom is -0.398 e. The number of nitrogens with one attached hydrogen (secondary N) is 1. The number of anilines is 2. The van der Waals surface area contributed by atoms with E-state index in [1.54, 1.807) is 12.1 Å². The van der Waals surface area contributed by atoms with Gasteiger partial charge in [-0.15, -0.1) is 0 Å². The number of sulfonamides is 1. The third-order valence-electron chi connectivity index (χ3n) is 2.46. The topological polar surface area (TPSA) is 72.2 Å². The first-order chi connectivity index (χ1) is 9.31. The van der Waals surface area contributed by atoms with Crippen LogP contribution in [0.4, 0.5) is 15.8 Å². The van der Waals surface area contributed by atoms with Gasteiger partial charge in [-0.2, -0.15) is 0 Å². The van der Waals surface area contributed by atoms with Crippen molar-refractivity contribution in [2.24, 2.45) is 0 Å². The fraction of sp³-hybridized carbons (Fsp3) is 0. The number of hydrogen-bond acceptors (Lipinski definition) is 3. The van der Waals surface area contributed by atoms with Crippen LogP contribution >= 0.6 is 27.5 Å². The van der Waals surface area contributed by atoms with Crippen LogP contribution in [0.2, 0.25) is 5.02 Å². The Morgan fingerprint density at radius 3 is 2.65 bits per heavy atom. The lowest BCUT2D eigenvalue weighted by Gasteiger charge is -2.12. The van der Waals surface area contributed by atoms with Gasteiger partial charge in [0, 0.05) is 0 Å². The third-order valence-corrected chi connectivity index (χ3v) is 5.28. The van der Waals surface area contributed by atoms with Crippen molar-refractivity contribution in [1.82, 2.24) is 0 Å². The molecule has 0 saturated heterocycles. The number of rotatable bonds is 3. The standard InChI is InChI=1S/C12H9BrClFN2O2S/c13-12-8(14)2-1-3-10(12)17-20(18,19)11-6-7(15)4-5-9(11)16/h1-6,17H,16H2. The van der Waals surface area contributed by atoms with Gasteiger partial charge in [0.25, 0.3) is 10.0 Å². The minimum atomic E-state index is -4.01. The maximum Gasteiger partial charge on any atom is 0.264 e. The number of benzene rings is 2. The average Bonchev–Trinajstić information content (AvgIpc) is 2.37. The molecule has 0 unspecified atom stereocenters. The Morgan fingerprint density at radius 2 is 1.95 bits per heavy atom. The molecule has 0 amide bonds. The molecule has 2 aromatic rings. The highest BCUT2D eigenvalue weighted by Crippen LogP contribution is 2.32. The van der Waals surface area contributed by atoms with Gasteiger partial charge in [0.1, 0.15) is 10.7 Å². The summed E-state index contributed by atoms with van der Waals surface area (Å²) in [6, 6.07) is 7.83. The van der Waals surface area contributed by atoms with E-state index >= 15 is 0 Å². The van der Waals surface area contributed by atoms with E-state index < -0.39 is 15.8 Å². The van der Waals surface area contributed by atoms with Gasteiger partial charge in [-0.05, 0) is 46.3 Å². The van der Waals surface area contributed by atoms with Gasteiger partial charge in [-0.3, -0.25) is 4.72 Å². The summed E-state index contributed by atoms with van der Waals surface area (Å²) in [5.74, 6) is -0.690. The van der Waals surface area contributed by atoms with Crippen molar-refractivity contribution < 1.29 is 12.8 Å². The maximum atomic E-state index is 13.2. The summed E-state index contributed by atoms with van der Waals surface area (Å²) in [6.07, 6.45) is 0. The zero-order valence-corrected chi connectivity index (χ0v) is 13.1. The van der Waals surface area contributed by atoms with Crippen LogP contribution in [0.25, 0.3) is 0 Å². The van der Waals surface area contributed by atoms with Crippen molar-refractivity contribution in [1.29, 1.82) is 0 Å². The molecule has 0 bridgehead atoms. The van der Waals surface area contributed by atoms with Gasteiger partial charge in [0.15, 0.2) is 0 Å².